The van der Waals surface area contributed by atoms with E-state index >= 15 is 0 Å². The smallest absolute Gasteiger partial charge is 0.193 e. The number of ether oxygens (including phenoxy) is 2. The summed E-state index contributed by atoms with van der Waals surface area (Å²) in [4.78, 5) is 9.88. The van der Waals surface area contributed by atoms with E-state index < -0.39 is 0 Å². The Kier molecular flexibility index (Phi) is 11.0. The highest BCUT2D eigenvalue weighted by Gasteiger charge is 2.26. The molecule has 1 aromatic rings. The molecular formula is C21H34ClIN4O2. The minimum Gasteiger partial charge on any atom is -0.384 e. The van der Waals surface area contributed by atoms with Crippen LogP contribution >= 0.6 is 35.6 Å². The normalized spacial score (nSPS) is 21.7. The lowest BCUT2D eigenvalue weighted by molar-refractivity contribution is 0.0179. The molecular weight excluding hydrogens is 503 g/mol. The van der Waals surface area contributed by atoms with Crippen molar-refractivity contribution in [2.24, 2.45) is 10.9 Å². The number of likely N-dealkylation sites (tertiary alicyclic amines) is 1. The minimum atomic E-state index is 0. The van der Waals surface area contributed by atoms with Crippen molar-refractivity contribution in [3.05, 3.63) is 34.9 Å². The first kappa shape index (κ1) is 24.7. The number of rotatable bonds is 7. The predicted octanol–water partition coefficient (Wildman–Crippen LogP) is 3.27. The topological polar surface area (TPSA) is 49.3 Å². The predicted molar refractivity (Wildman–Crippen MR) is 130 cm³/mol. The highest BCUT2D eigenvalue weighted by atomic mass is 127. The van der Waals surface area contributed by atoms with Gasteiger partial charge in [-0.1, -0.05) is 23.7 Å². The van der Waals surface area contributed by atoms with Crippen LogP contribution in [-0.4, -0.2) is 82.0 Å². The third-order valence-corrected chi connectivity index (χ3v) is 5.73. The maximum Gasteiger partial charge on any atom is 0.193 e. The second kappa shape index (κ2) is 12.9. The van der Waals surface area contributed by atoms with Crippen LogP contribution in [0.4, 0.5) is 0 Å². The van der Waals surface area contributed by atoms with E-state index in [2.05, 4.69) is 34.2 Å². The Morgan fingerprint density at radius 2 is 2.00 bits per heavy atom. The molecule has 0 aromatic heterocycles. The van der Waals surface area contributed by atoms with Crippen molar-refractivity contribution in [2.45, 2.75) is 19.4 Å². The fraction of sp³-hybridized carbons (Fsp3) is 0.667. The van der Waals surface area contributed by atoms with E-state index in [1.165, 1.54) is 5.56 Å². The molecule has 2 aliphatic rings. The van der Waals surface area contributed by atoms with Gasteiger partial charge in [0.2, 0.25) is 0 Å². The van der Waals surface area contributed by atoms with Gasteiger partial charge < -0.3 is 19.7 Å². The highest BCUT2D eigenvalue weighted by Crippen LogP contribution is 2.24. The van der Waals surface area contributed by atoms with Crippen LogP contribution in [0, 0.1) is 5.92 Å². The zero-order chi connectivity index (χ0) is 19.8. The maximum absolute atomic E-state index is 6.11. The standard InChI is InChI=1S/C21H33ClN4O2.HI/c1-3-23-21(26-9-8-17(15-26)16-27-2)24-14-20(25-10-12-28-13-11-25)18-4-6-19(22)7-5-18;/h4-7,17,20H,3,8-16H2,1-2H3,(H,23,24);1H. The fourth-order valence-corrected chi connectivity index (χ4v) is 4.13. The van der Waals surface area contributed by atoms with E-state index in [0.29, 0.717) is 5.92 Å². The fourth-order valence-electron chi connectivity index (χ4n) is 4.00. The quantitative estimate of drug-likeness (QED) is 0.329. The largest absolute Gasteiger partial charge is 0.384 e. The first-order chi connectivity index (χ1) is 13.7. The van der Waals surface area contributed by atoms with Crippen molar-refractivity contribution < 1.29 is 9.47 Å². The Hall–Kier alpha value is -0.610. The third kappa shape index (κ3) is 7.24. The summed E-state index contributed by atoms with van der Waals surface area (Å²) in [5.41, 5.74) is 1.25. The van der Waals surface area contributed by atoms with Crippen molar-refractivity contribution in [2.75, 3.05) is 66.2 Å². The molecule has 0 radical (unpaired) electrons. The third-order valence-electron chi connectivity index (χ3n) is 5.48. The number of nitrogens with zero attached hydrogens (tertiary/aromatic N) is 3. The van der Waals surface area contributed by atoms with E-state index in [4.69, 9.17) is 26.1 Å². The first-order valence-electron chi connectivity index (χ1n) is 10.3. The average molecular weight is 537 g/mol. The van der Waals surface area contributed by atoms with Crippen LogP contribution < -0.4 is 5.32 Å². The summed E-state index contributed by atoms with van der Waals surface area (Å²) < 4.78 is 10.9. The van der Waals surface area contributed by atoms with Gasteiger partial charge in [0.1, 0.15) is 0 Å². The first-order valence-corrected chi connectivity index (χ1v) is 10.7. The van der Waals surface area contributed by atoms with Crippen molar-refractivity contribution in [1.82, 2.24) is 15.1 Å². The van der Waals surface area contributed by atoms with E-state index in [0.717, 1.165) is 76.5 Å². The van der Waals surface area contributed by atoms with E-state index in [9.17, 15) is 0 Å². The monoisotopic (exact) mass is 536 g/mol. The summed E-state index contributed by atoms with van der Waals surface area (Å²) in [7, 11) is 1.78. The summed E-state index contributed by atoms with van der Waals surface area (Å²) in [5, 5.41) is 4.24. The molecule has 0 aliphatic carbocycles. The summed E-state index contributed by atoms with van der Waals surface area (Å²) >= 11 is 6.11. The molecule has 2 saturated heterocycles. The lowest BCUT2D eigenvalue weighted by Gasteiger charge is -2.34. The number of methoxy groups -OCH3 is 1. The molecule has 1 aromatic carbocycles. The molecule has 6 nitrogen and oxygen atoms in total. The summed E-state index contributed by atoms with van der Waals surface area (Å²) in [5.74, 6) is 1.59. The van der Waals surface area contributed by atoms with Gasteiger partial charge in [0.25, 0.3) is 0 Å². The lowest BCUT2D eigenvalue weighted by atomic mass is 10.0. The highest BCUT2D eigenvalue weighted by molar-refractivity contribution is 14.0. The molecule has 29 heavy (non-hydrogen) atoms. The van der Waals surface area contributed by atoms with Gasteiger partial charge in [-0.05, 0) is 31.0 Å². The molecule has 3 rings (SSSR count). The molecule has 2 unspecified atom stereocenters. The van der Waals surface area contributed by atoms with E-state index in [-0.39, 0.29) is 30.0 Å². The Morgan fingerprint density at radius 3 is 2.66 bits per heavy atom. The van der Waals surface area contributed by atoms with Gasteiger partial charge >= 0.3 is 0 Å². The van der Waals surface area contributed by atoms with Crippen LogP contribution in [0.25, 0.3) is 0 Å². The maximum atomic E-state index is 6.11. The SMILES string of the molecule is CCNC(=NCC(c1ccc(Cl)cc1)N1CCOCC1)N1CCC(COC)C1.I. The number of hydrogen-bond acceptors (Lipinski definition) is 4. The van der Waals surface area contributed by atoms with E-state index in [1.807, 2.05) is 12.1 Å². The molecule has 2 fully saturated rings. The number of benzene rings is 1. The van der Waals surface area contributed by atoms with Gasteiger partial charge in [-0.15, -0.1) is 24.0 Å². The molecule has 0 bridgehead atoms. The summed E-state index contributed by atoms with van der Waals surface area (Å²) in [6, 6.07) is 8.40. The number of hydrogen-bond donors (Lipinski definition) is 1. The Bertz CT molecular complexity index is 626. The van der Waals surface area contributed by atoms with Crippen LogP contribution in [0.3, 0.4) is 0 Å². The molecule has 2 heterocycles. The molecule has 8 heteroatoms. The van der Waals surface area contributed by atoms with Gasteiger partial charge in [0, 0.05) is 50.8 Å². The van der Waals surface area contributed by atoms with Crippen LogP contribution in [0.5, 0.6) is 0 Å². The van der Waals surface area contributed by atoms with Gasteiger partial charge in [-0.25, -0.2) is 0 Å². The molecule has 164 valence electrons. The van der Waals surface area contributed by atoms with Gasteiger partial charge in [0.15, 0.2) is 5.96 Å². The molecule has 0 spiro atoms. The second-order valence-electron chi connectivity index (χ2n) is 7.47. The van der Waals surface area contributed by atoms with Crippen LogP contribution in [0.1, 0.15) is 24.9 Å². The Labute approximate surface area is 197 Å². The Morgan fingerprint density at radius 1 is 1.28 bits per heavy atom. The van der Waals surface area contributed by atoms with E-state index in [1.54, 1.807) is 7.11 Å². The van der Waals surface area contributed by atoms with Crippen LogP contribution in [0.15, 0.2) is 29.3 Å². The van der Waals surface area contributed by atoms with Crippen molar-refractivity contribution in [1.29, 1.82) is 0 Å². The zero-order valence-electron chi connectivity index (χ0n) is 17.5. The summed E-state index contributed by atoms with van der Waals surface area (Å²) in [6.45, 7) is 9.97. The molecule has 0 saturated carbocycles. The number of morpholine rings is 1. The van der Waals surface area contributed by atoms with Crippen molar-refractivity contribution in [3.63, 3.8) is 0 Å². The number of aliphatic imine (C=N–C) groups is 1. The molecule has 2 aliphatic heterocycles. The number of nitrogens with one attached hydrogen (secondary N) is 1. The number of guanidine groups is 1. The Balaban J connectivity index is 0.00000300. The van der Waals surface area contributed by atoms with Gasteiger partial charge in [-0.3, -0.25) is 9.89 Å². The molecule has 1 N–H and O–H groups in total. The zero-order valence-corrected chi connectivity index (χ0v) is 20.6. The number of halogens is 2. The van der Waals surface area contributed by atoms with Gasteiger partial charge in [-0.2, -0.15) is 0 Å². The van der Waals surface area contributed by atoms with Gasteiger partial charge in [0.05, 0.1) is 32.4 Å². The second-order valence-corrected chi connectivity index (χ2v) is 7.90. The average Bonchev–Trinajstić information content (AvgIpc) is 3.18. The lowest BCUT2D eigenvalue weighted by Crippen LogP contribution is -2.43. The molecule has 0 amide bonds. The summed E-state index contributed by atoms with van der Waals surface area (Å²) in [6.07, 6.45) is 1.16. The van der Waals surface area contributed by atoms with Crippen LogP contribution in [0.2, 0.25) is 5.02 Å². The molecule has 2 atom stereocenters. The minimum absolute atomic E-state index is 0. The van der Waals surface area contributed by atoms with Crippen molar-refractivity contribution >= 4 is 41.5 Å². The van der Waals surface area contributed by atoms with Crippen molar-refractivity contribution in [3.8, 4) is 0 Å². The van der Waals surface area contributed by atoms with Crippen LogP contribution in [-0.2, 0) is 9.47 Å².